The van der Waals surface area contributed by atoms with Crippen molar-refractivity contribution in [3.63, 3.8) is 0 Å². The van der Waals surface area contributed by atoms with Crippen molar-refractivity contribution in [2.24, 2.45) is 5.41 Å². The molecule has 1 atom stereocenters. The maximum Gasteiger partial charge on any atom is 0.332 e. The van der Waals surface area contributed by atoms with Crippen molar-refractivity contribution < 1.29 is 19.2 Å². The molecule has 3 aliphatic heterocycles. The molecule has 3 aliphatic rings. The highest BCUT2D eigenvalue weighted by molar-refractivity contribution is 6.34. The van der Waals surface area contributed by atoms with Crippen LogP contribution in [0.15, 0.2) is 12.1 Å². The number of hydrogen-bond donors (Lipinski definition) is 0. The number of hydrogen-bond acceptors (Lipinski definition) is 5. The van der Waals surface area contributed by atoms with Gasteiger partial charge in [0.1, 0.15) is 0 Å². The summed E-state index contributed by atoms with van der Waals surface area (Å²) in [6.07, 6.45) is 2.27. The van der Waals surface area contributed by atoms with Gasteiger partial charge in [0, 0.05) is 38.3 Å². The second-order valence-corrected chi connectivity index (χ2v) is 7.47. The first-order valence-electron chi connectivity index (χ1n) is 8.48. The van der Waals surface area contributed by atoms with Crippen LogP contribution in [0.2, 0.25) is 5.02 Å². The van der Waals surface area contributed by atoms with Crippen molar-refractivity contribution in [2.75, 3.05) is 25.5 Å². The first-order valence-corrected chi connectivity index (χ1v) is 8.86. The molecular weight excluding hydrogens is 358 g/mol. The Bertz CT molecular complexity index is 844. The number of urea groups is 1. The number of fused-ring (bicyclic) bond motifs is 4. The lowest BCUT2D eigenvalue weighted by molar-refractivity contribution is -0.159. The van der Waals surface area contributed by atoms with Crippen LogP contribution < -0.4 is 4.90 Å². The highest BCUT2D eigenvalue weighted by Crippen LogP contribution is 2.51. The largest absolute Gasteiger partial charge is 0.367 e. The molecule has 2 fully saturated rings. The van der Waals surface area contributed by atoms with E-state index in [4.69, 9.17) is 11.6 Å². The van der Waals surface area contributed by atoms with Gasteiger partial charge >= 0.3 is 6.03 Å². The number of nitrogens with zero attached hydrogens (tertiary/aromatic N) is 3. The Balaban J connectivity index is 1.96. The van der Waals surface area contributed by atoms with Crippen LogP contribution in [-0.2, 0) is 16.0 Å². The van der Waals surface area contributed by atoms with Gasteiger partial charge in [0.05, 0.1) is 11.1 Å². The van der Waals surface area contributed by atoms with Gasteiger partial charge < -0.3 is 4.90 Å². The van der Waals surface area contributed by atoms with E-state index in [0.717, 1.165) is 21.9 Å². The number of benzene rings is 1. The zero-order chi connectivity index (χ0) is 18.8. The maximum absolute atomic E-state index is 13.2. The number of amides is 4. The van der Waals surface area contributed by atoms with E-state index < -0.39 is 23.3 Å². The summed E-state index contributed by atoms with van der Waals surface area (Å²) in [7, 11) is 2.79. The predicted octanol–water partition coefficient (Wildman–Crippen LogP) is 1.71. The van der Waals surface area contributed by atoms with E-state index in [0.29, 0.717) is 30.4 Å². The van der Waals surface area contributed by atoms with E-state index in [1.807, 2.05) is 11.0 Å². The number of barbiturate groups is 1. The van der Waals surface area contributed by atoms with Gasteiger partial charge in [-0.1, -0.05) is 11.6 Å². The van der Waals surface area contributed by atoms with Crippen LogP contribution in [0, 0.1) is 5.41 Å². The fourth-order valence-electron chi connectivity index (χ4n) is 4.65. The van der Waals surface area contributed by atoms with Gasteiger partial charge in [0.2, 0.25) is 11.8 Å². The molecule has 136 valence electrons. The minimum Gasteiger partial charge on any atom is -0.367 e. The summed E-state index contributed by atoms with van der Waals surface area (Å²) in [4.78, 5) is 54.0. The van der Waals surface area contributed by atoms with Crippen LogP contribution in [-0.4, -0.2) is 60.6 Å². The molecule has 0 radical (unpaired) electrons. The second kappa shape index (κ2) is 5.54. The molecule has 7 nitrogen and oxygen atoms in total. The highest BCUT2D eigenvalue weighted by Gasteiger charge is 2.64. The number of carbonyl (C=O) groups is 4. The Kier molecular flexibility index (Phi) is 3.63. The van der Waals surface area contributed by atoms with E-state index >= 15 is 0 Å². The third kappa shape index (κ3) is 1.89. The molecule has 4 rings (SSSR count). The molecule has 0 bridgehead atoms. The minimum atomic E-state index is -1.40. The number of rotatable bonds is 1. The van der Waals surface area contributed by atoms with Crippen molar-refractivity contribution in [3.8, 4) is 0 Å². The fraction of sp³-hybridized carbons (Fsp3) is 0.444. The average molecular weight is 376 g/mol. The van der Waals surface area contributed by atoms with Crippen LogP contribution in [0.1, 0.15) is 28.8 Å². The van der Waals surface area contributed by atoms with E-state index in [1.54, 1.807) is 6.07 Å². The van der Waals surface area contributed by atoms with Crippen molar-refractivity contribution in [2.45, 2.75) is 25.3 Å². The van der Waals surface area contributed by atoms with Gasteiger partial charge in [0.15, 0.2) is 11.7 Å². The quantitative estimate of drug-likeness (QED) is 0.551. The van der Waals surface area contributed by atoms with Gasteiger partial charge in [-0.3, -0.25) is 24.2 Å². The smallest absolute Gasteiger partial charge is 0.332 e. The zero-order valence-corrected chi connectivity index (χ0v) is 15.2. The number of carbonyl (C=O) groups excluding carboxylic acids is 4. The van der Waals surface area contributed by atoms with Crippen LogP contribution in [0.4, 0.5) is 10.5 Å². The van der Waals surface area contributed by atoms with E-state index in [2.05, 4.69) is 0 Å². The fourth-order valence-corrected chi connectivity index (χ4v) is 4.92. The lowest BCUT2D eigenvalue weighted by Crippen LogP contribution is -2.70. The molecule has 4 amide bonds. The summed E-state index contributed by atoms with van der Waals surface area (Å²) in [6.45, 7) is 0.693. The Morgan fingerprint density at radius 3 is 2.42 bits per heavy atom. The van der Waals surface area contributed by atoms with Crippen molar-refractivity contribution in [1.29, 1.82) is 0 Å². The number of aldehydes is 1. The Labute approximate surface area is 155 Å². The Hall–Kier alpha value is -2.41. The zero-order valence-electron chi connectivity index (χ0n) is 14.5. The third-order valence-corrected chi connectivity index (χ3v) is 6.35. The molecule has 0 saturated carbocycles. The van der Waals surface area contributed by atoms with Crippen LogP contribution in [0.3, 0.4) is 0 Å². The summed E-state index contributed by atoms with van der Waals surface area (Å²) in [5.41, 5.74) is 0.405. The van der Waals surface area contributed by atoms with Crippen molar-refractivity contribution >= 4 is 41.4 Å². The molecule has 2 saturated heterocycles. The van der Waals surface area contributed by atoms with Gasteiger partial charge in [-0.05, 0) is 30.5 Å². The minimum absolute atomic E-state index is 0.0869. The summed E-state index contributed by atoms with van der Waals surface area (Å²) in [5, 5.41) is 0.269. The molecular formula is C18H18ClN3O4. The average Bonchev–Trinajstić information content (AvgIpc) is 3.14. The van der Waals surface area contributed by atoms with E-state index in [-0.39, 0.29) is 17.5 Å². The molecule has 1 aromatic rings. The normalized spacial score (nSPS) is 24.2. The molecule has 8 heteroatoms. The molecule has 1 spiro atoms. The van der Waals surface area contributed by atoms with Crippen molar-refractivity contribution in [3.05, 3.63) is 28.3 Å². The summed E-state index contributed by atoms with van der Waals surface area (Å²) < 4.78 is 0. The molecule has 1 unspecified atom stereocenters. The number of imide groups is 2. The SMILES string of the molecule is CN1C(=O)N(C)C(=O)C2(Cc3c(ccc(C=O)c3Cl)N3CCCC32)C1=O. The number of halogens is 1. The van der Waals surface area contributed by atoms with Crippen LogP contribution in [0.5, 0.6) is 0 Å². The summed E-state index contributed by atoms with van der Waals surface area (Å²) >= 11 is 6.44. The molecule has 0 aliphatic carbocycles. The third-order valence-electron chi connectivity index (χ3n) is 5.91. The Morgan fingerprint density at radius 1 is 1.15 bits per heavy atom. The van der Waals surface area contributed by atoms with E-state index in [1.165, 1.54) is 14.1 Å². The van der Waals surface area contributed by atoms with Gasteiger partial charge in [-0.2, -0.15) is 0 Å². The van der Waals surface area contributed by atoms with Gasteiger partial charge in [0.25, 0.3) is 0 Å². The summed E-state index contributed by atoms with van der Waals surface area (Å²) in [6, 6.07) is 2.53. The van der Waals surface area contributed by atoms with Gasteiger partial charge in [-0.15, -0.1) is 0 Å². The molecule has 26 heavy (non-hydrogen) atoms. The van der Waals surface area contributed by atoms with Crippen LogP contribution in [0.25, 0.3) is 0 Å². The predicted molar refractivity (Wildman–Crippen MR) is 94.3 cm³/mol. The maximum atomic E-state index is 13.2. The van der Waals surface area contributed by atoms with E-state index in [9.17, 15) is 19.2 Å². The lowest BCUT2D eigenvalue weighted by atomic mass is 9.68. The molecule has 1 aromatic carbocycles. The molecule has 0 N–H and O–H groups in total. The summed E-state index contributed by atoms with van der Waals surface area (Å²) in [5.74, 6) is -0.999. The number of anilines is 1. The first kappa shape index (κ1) is 17.0. The highest BCUT2D eigenvalue weighted by atomic mass is 35.5. The van der Waals surface area contributed by atoms with Gasteiger partial charge in [-0.25, -0.2) is 4.79 Å². The lowest BCUT2D eigenvalue weighted by Gasteiger charge is -2.51. The van der Waals surface area contributed by atoms with Crippen LogP contribution >= 0.6 is 11.6 Å². The second-order valence-electron chi connectivity index (χ2n) is 7.09. The Morgan fingerprint density at radius 2 is 1.81 bits per heavy atom. The topological polar surface area (TPSA) is 78.0 Å². The first-order chi connectivity index (χ1) is 12.3. The molecule has 3 heterocycles. The molecule has 0 aromatic heterocycles. The standard InChI is InChI=1S/C18H18ClN3O4/c1-20-15(24)18(16(25)21(2)17(20)26)8-11-12(22-7-3-4-13(18)22)6-5-10(9-23)14(11)19/h5-6,9,13H,3-4,7-8H2,1-2H3. The monoisotopic (exact) mass is 375 g/mol. The van der Waals surface area contributed by atoms with Crippen molar-refractivity contribution in [1.82, 2.24) is 9.80 Å².